The minimum absolute atomic E-state index is 0.607. The van der Waals surface area contributed by atoms with E-state index in [0.717, 1.165) is 0 Å². The van der Waals surface area contributed by atoms with E-state index in [9.17, 15) is 9.59 Å². The Kier molecular flexibility index (Phi) is 3.88. The average molecular weight is 217 g/mol. The highest BCUT2D eigenvalue weighted by Crippen LogP contribution is 2.24. The van der Waals surface area contributed by atoms with Gasteiger partial charge < -0.3 is 15.6 Å². The number of hydrogen-bond donors (Lipinski definition) is 2. The summed E-state index contributed by atoms with van der Waals surface area (Å²) >= 11 is 0. The van der Waals surface area contributed by atoms with Gasteiger partial charge in [-0.3, -0.25) is 9.59 Å². The number of nitrogens with two attached hydrogens (primary N) is 1. The molecule has 0 bridgehead atoms. The summed E-state index contributed by atoms with van der Waals surface area (Å²) in [6.45, 7) is 8.06. The number of carbonyl (C=O) groups is 2. The predicted octanol–water partition coefficient (Wildman–Crippen LogP) is 0.766. The van der Waals surface area contributed by atoms with Crippen molar-refractivity contribution in [3.05, 3.63) is 0 Å². The van der Waals surface area contributed by atoms with E-state index in [-0.39, 0.29) is 0 Å². The van der Waals surface area contributed by atoms with E-state index in [1.54, 1.807) is 20.8 Å². The third-order valence-electron chi connectivity index (χ3n) is 1.97. The second-order valence-corrected chi connectivity index (χ2v) is 5.04. The van der Waals surface area contributed by atoms with Gasteiger partial charge in [0, 0.05) is 0 Å². The molecule has 0 amide bonds. The third kappa shape index (κ3) is 3.87. The van der Waals surface area contributed by atoms with Gasteiger partial charge in [-0.15, -0.1) is 0 Å². The molecule has 0 aromatic heterocycles. The summed E-state index contributed by atoms with van der Waals surface area (Å²) in [5, 5.41) is 8.73. The molecule has 0 saturated carbocycles. The summed E-state index contributed by atoms with van der Waals surface area (Å²) in [5.74, 6) is -1.82. The van der Waals surface area contributed by atoms with Crippen molar-refractivity contribution in [3.63, 3.8) is 0 Å². The number of carboxylic acid groups (broad SMARTS) is 1. The Hall–Kier alpha value is -1.10. The molecule has 88 valence electrons. The number of esters is 1. The zero-order valence-corrected chi connectivity index (χ0v) is 9.83. The lowest BCUT2D eigenvalue weighted by atomic mass is 9.85. The Morgan fingerprint density at radius 2 is 1.60 bits per heavy atom. The molecule has 1 atom stereocenters. The van der Waals surface area contributed by atoms with Gasteiger partial charge in [0.05, 0.1) is 5.41 Å². The van der Waals surface area contributed by atoms with Crippen molar-refractivity contribution in [1.82, 2.24) is 0 Å². The molecule has 0 aliphatic heterocycles. The number of carbonyl (C=O) groups excluding carboxylic acids is 1. The van der Waals surface area contributed by atoms with Crippen LogP contribution < -0.4 is 5.73 Å². The minimum atomic E-state index is -1.27. The van der Waals surface area contributed by atoms with E-state index in [0.29, 0.717) is 0 Å². The topological polar surface area (TPSA) is 89.6 Å². The van der Waals surface area contributed by atoms with Gasteiger partial charge in [-0.05, 0) is 34.6 Å². The molecule has 0 aromatic rings. The molecule has 0 fully saturated rings. The van der Waals surface area contributed by atoms with E-state index in [2.05, 4.69) is 0 Å². The van der Waals surface area contributed by atoms with Crippen LogP contribution in [0, 0.1) is 5.41 Å². The van der Waals surface area contributed by atoms with Crippen molar-refractivity contribution in [2.24, 2.45) is 11.1 Å². The van der Waals surface area contributed by atoms with Gasteiger partial charge >= 0.3 is 11.9 Å². The Morgan fingerprint density at radius 3 is 1.87 bits per heavy atom. The van der Waals surface area contributed by atoms with E-state index in [4.69, 9.17) is 15.6 Å². The van der Waals surface area contributed by atoms with Crippen LogP contribution in [0.4, 0.5) is 0 Å². The van der Waals surface area contributed by atoms with Crippen molar-refractivity contribution in [2.75, 3.05) is 0 Å². The first kappa shape index (κ1) is 13.9. The molecule has 0 heterocycles. The molecule has 0 saturated heterocycles. The zero-order chi connectivity index (χ0) is 12.4. The van der Waals surface area contributed by atoms with Crippen LogP contribution >= 0.6 is 0 Å². The van der Waals surface area contributed by atoms with Crippen molar-refractivity contribution >= 4 is 11.9 Å². The Labute approximate surface area is 89.6 Å². The number of ether oxygens (including phenoxy) is 1. The summed E-state index contributed by atoms with van der Waals surface area (Å²) < 4.78 is 5.09. The fourth-order valence-corrected chi connectivity index (χ4v) is 0.845. The lowest BCUT2D eigenvalue weighted by Gasteiger charge is -2.30. The quantitative estimate of drug-likeness (QED) is 0.681. The Morgan fingerprint density at radius 1 is 1.20 bits per heavy atom. The minimum Gasteiger partial charge on any atom is -0.480 e. The first-order valence-electron chi connectivity index (χ1n) is 4.70. The van der Waals surface area contributed by atoms with E-state index >= 15 is 0 Å². The predicted molar refractivity (Wildman–Crippen MR) is 55.2 cm³/mol. The lowest BCUT2D eigenvalue weighted by Crippen LogP contribution is -2.50. The molecule has 15 heavy (non-hydrogen) atoms. The van der Waals surface area contributed by atoms with E-state index < -0.39 is 29.0 Å². The average Bonchev–Trinajstić information content (AvgIpc) is 1.99. The molecule has 0 aliphatic carbocycles. The number of carboxylic acids is 1. The molecule has 3 N–H and O–H groups in total. The molecular formula is C10H19NO4. The fourth-order valence-electron chi connectivity index (χ4n) is 0.845. The summed E-state index contributed by atoms with van der Waals surface area (Å²) in [6.07, 6.45) is 0. The number of aliphatic carboxylic acids is 1. The molecule has 1 unspecified atom stereocenters. The van der Waals surface area contributed by atoms with Crippen LogP contribution in [0.5, 0.6) is 0 Å². The molecular weight excluding hydrogens is 198 g/mol. The Bertz CT molecular complexity index is 265. The maximum absolute atomic E-state index is 11.7. The monoisotopic (exact) mass is 217 g/mol. The van der Waals surface area contributed by atoms with Crippen LogP contribution in [0.25, 0.3) is 0 Å². The van der Waals surface area contributed by atoms with Gasteiger partial charge in [0.25, 0.3) is 0 Å². The second kappa shape index (κ2) is 4.18. The van der Waals surface area contributed by atoms with Crippen molar-refractivity contribution < 1.29 is 19.4 Å². The van der Waals surface area contributed by atoms with Crippen LogP contribution in [-0.4, -0.2) is 28.7 Å². The van der Waals surface area contributed by atoms with Gasteiger partial charge in [0.2, 0.25) is 0 Å². The molecule has 5 nitrogen and oxygen atoms in total. The van der Waals surface area contributed by atoms with Gasteiger partial charge in [-0.2, -0.15) is 0 Å². The molecule has 0 aromatic carbocycles. The number of rotatable bonds is 3. The normalized spacial score (nSPS) is 14.5. The largest absolute Gasteiger partial charge is 0.480 e. The highest BCUT2D eigenvalue weighted by Gasteiger charge is 2.41. The maximum Gasteiger partial charge on any atom is 0.321 e. The smallest absolute Gasteiger partial charge is 0.321 e. The van der Waals surface area contributed by atoms with Crippen molar-refractivity contribution in [1.29, 1.82) is 0 Å². The van der Waals surface area contributed by atoms with Crippen LogP contribution in [-0.2, 0) is 14.3 Å². The lowest BCUT2D eigenvalue weighted by molar-refractivity contribution is -0.170. The second-order valence-electron chi connectivity index (χ2n) is 5.04. The first-order chi connectivity index (χ1) is 6.48. The third-order valence-corrected chi connectivity index (χ3v) is 1.97. The fraction of sp³-hybridized carbons (Fsp3) is 0.800. The number of hydrogen-bond acceptors (Lipinski definition) is 4. The van der Waals surface area contributed by atoms with Crippen molar-refractivity contribution in [2.45, 2.75) is 46.3 Å². The van der Waals surface area contributed by atoms with Gasteiger partial charge in [0.15, 0.2) is 0 Å². The summed E-state index contributed by atoms with van der Waals surface area (Å²) in [5.41, 5.74) is 3.53. The molecule has 0 spiro atoms. The maximum atomic E-state index is 11.7. The molecule has 0 radical (unpaired) electrons. The van der Waals surface area contributed by atoms with Gasteiger partial charge in [0.1, 0.15) is 11.6 Å². The van der Waals surface area contributed by atoms with Crippen LogP contribution in [0.15, 0.2) is 0 Å². The summed E-state index contributed by atoms with van der Waals surface area (Å²) in [6, 6.07) is -1.27. The zero-order valence-electron chi connectivity index (χ0n) is 9.83. The summed E-state index contributed by atoms with van der Waals surface area (Å²) in [7, 11) is 0. The standard InChI is InChI=1S/C10H19NO4/c1-9(2,3)15-8(14)10(4,5)6(11)7(12)13/h6H,11H2,1-5H3,(H,12,13). The van der Waals surface area contributed by atoms with E-state index in [1.807, 2.05) is 0 Å². The molecule has 5 heteroatoms. The molecule has 0 aliphatic rings. The molecule has 0 rings (SSSR count). The first-order valence-corrected chi connectivity index (χ1v) is 4.70. The van der Waals surface area contributed by atoms with Crippen molar-refractivity contribution in [3.8, 4) is 0 Å². The SMILES string of the molecule is CC(C)(C)OC(=O)C(C)(C)C(N)C(=O)O. The highest BCUT2D eigenvalue weighted by atomic mass is 16.6. The highest BCUT2D eigenvalue weighted by molar-refractivity contribution is 5.86. The van der Waals surface area contributed by atoms with Gasteiger partial charge in [-0.1, -0.05) is 0 Å². The van der Waals surface area contributed by atoms with E-state index in [1.165, 1.54) is 13.8 Å². The van der Waals surface area contributed by atoms with Gasteiger partial charge in [-0.25, -0.2) is 0 Å². The van der Waals surface area contributed by atoms with Crippen LogP contribution in [0.3, 0.4) is 0 Å². The van der Waals surface area contributed by atoms with Crippen LogP contribution in [0.1, 0.15) is 34.6 Å². The summed E-state index contributed by atoms with van der Waals surface area (Å²) in [4.78, 5) is 22.3. The Balaban J connectivity index is 4.74. The van der Waals surface area contributed by atoms with Crippen LogP contribution in [0.2, 0.25) is 0 Å².